The molecular weight excluding hydrogens is 486 g/mol. The minimum Gasteiger partial charge on any atom is -0.473 e. The first-order valence-electron chi connectivity index (χ1n) is 13.3. The van der Waals surface area contributed by atoms with Crippen molar-refractivity contribution in [2.75, 3.05) is 26.2 Å². The maximum absolute atomic E-state index is 13.1. The summed E-state index contributed by atoms with van der Waals surface area (Å²) in [6.45, 7) is 2.35. The molecule has 0 atom stereocenters. The van der Waals surface area contributed by atoms with E-state index in [0.717, 1.165) is 23.5 Å². The number of hydrogen-bond donors (Lipinski definition) is 2. The Bertz CT molecular complexity index is 1060. The maximum atomic E-state index is 13.1. The molecule has 1 saturated heterocycles. The van der Waals surface area contributed by atoms with Gasteiger partial charge in [-0.05, 0) is 48.1 Å². The van der Waals surface area contributed by atoms with E-state index in [1.165, 1.54) is 50.5 Å². The van der Waals surface area contributed by atoms with E-state index < -0.39 is 11.9 Å². The van der Waals surface area contributed by atoms with Crippen molar-refractivity contribution in [1.82, 2.24) is 14.8 Å². The topological polar surface area (TPSA) is 128 Å². The van der Waals surface area contributed by atoms with Crippen LogP contribution in [0.25, 0.3) is 0 Å². The van der Waals surface area contributed by atoms with E-state index in [1.807, 2.05) is 34.1 Å². The first kappa shape index (κ1) is 28.8. The predicted molar refractivity (Wildman–Crippen MR) is 142 cm³/mol. The number of carbonyl (C=O) groups excluding carboxylic acids is 2. The number of hydrogen-bond acceptors (Lipinski definition) is 5. The number of piperazine rings is 1. The molecule has 9 nitrogen and oxygen atoms in total. The fraction of sp³-hybridized carbons (Fsp3) is 0.483. The number of aryl methyl sites for hydroxylation is 1. The SMILES string of the molecule is O=C(Cc1cccnc1)N1CCN(C(=O)c2cccc(CCCC3CCCCC3)c2)CC1.O=C(O)C(=O)O. The van der Waals surface area contributed by atoms with Crippen LogP contribution in [0.4, 0.5) is 0 Å². The van der Waals surface area contributed by atoms with E-state index in [9.17, 15) is 9.59 Å². The molecule has 2 aromatic rings. The largest absolute Gasteiger partial charge is 0.473 e. The van der Waals surface area contributed by atoms with E-state index >= 15 is 0 Å². The zero-order chi connectivity index (χ0) is 27.3. The van der Waals surface area contributed by atoms with Gasteiger partial charge < -0.3 is 20.0 Å². The molecule has 1 aliphatic carbocycles. The highest BCUT2D eigenvalue weighted by molar-refractivity contribution is 6.27. The lowest BCUT2D eigenvalue weighted by Crippen LogP contribution is -2.51. The first-order chi connectivity index (χ1) is 18.3. The highest BCUT2D eigenvalue weighted by Gasteiger charge is 2.25. The molecule has 1 aliphatic heterocycles. The number of aliphatic carboxylic acids is 2. The molecule has 0 bridgehead atoms. The van der Waals surface area contributed by atoms with Gasteiger partial charge in [0.25, 0.3) is 5.91 Å². The van der Waals surface area contributed by atoms with Gasteiger partial charge in [0.15, 0.2) is 0 Å². The molecule has 0 unspecified atom stereocenters. The van der Waals surface area contributed by atoms with Gasteiger partial charge in [0.05, 0.1) is 6.42 Å². The van der Waals surface area contributed by atoms with Crippen LogP contribution in [0.15, 0.2) is 48.8 Å². The minimum absolute atomic E-state index is 0.0819. The quantitative estimate of drug-likeness (QED) is 0.530. The van der Waals surface area contributed by atoms with Crippen molar-refractivity contribution in [3.05, 3.63) is 65.5 Å². The molecule has 2 aliphatic rings. The standard InChI is InChI=1S/C27H35N3O2.C2H2O4/c31-26(20-24-12-6-14-28-21-24)29-15-17-30(18-16-29)27(32)25-13-5-11-23(19-25)10-4-9-22-7-2-1-3-8-22;3-1(4)2(5)6/h5-6,11-14,19,21-22H,1-4,7-10,15-18,20H2;(H,3,4)(H,5,6). The Morgan fingerprint density at radius 2 is 1.50 bits per heavy atom. The zero-order valence-corrected chi connectivity index (χ0v) is 21.8. The third kappa shape index (κ3) is 9.28. The summed E-state index contributed by atoms with van der Waals surface area (Å²) in [7, 11) is 0. The van der Waals surface area contributed by atoms with E-state index in [2.05, 4.69) is 17.1 Å². The second kappa shape index (κ2) is 14.9. The molecule has 2 N–H and O–H groups in total. The van der Waals surface area contributed by atoms with E-state index in [-0.39, 0.29) is 11.8 Å². The van der Waals surface area contributed by atoms with Gasteiger partial charge in [-0.3, -0.25) is 14.6 Å². The molecule has 1 aromatic carbocycles. The number of amides is 2. The van der Waals surface area contributed by atoms with Crippen LogP contribution < -0.4 is 0 Å². The van der Waals surface area contributed by atoms with Gasteiger partial charge in [-0.2, -0.15) is 0 Å². The van der Waals surface area contributed by atoms with Gasteiger partial charge >= 0.3 is 11.9 Å². The summed E-state index contributed by atoms with van der Waals surface area (Å²) >= 11 is 0. The number of carboxylic acids is 2. The second-order valence-electron chi connectivity index (χ2n) is 9.92. The lowest BCUT2D eigenvalue weighted by Gasteiger charge is -2.35. The summed E-state index contributed by atoms with van der Waals surface area (Å²) in [4.78, 5) is 51.6. The average molecular weight is 524 g/mol. The van der Waals surface area contributed by atoms with Crippen molar-refractivity contribution < 1.29 is 29.4 Å². The Labute approximate surface area is 223 Å². The molecule has 9 heteroatoms. The van der Waals surface area contributed by atoms with Crippen LogP contribution in [0.3, 0.4) is 0 Å². The summed E-state index contributed by atoms with van der Waals surface area (Å²) in [6, 6.07) is 11.9. The number of aromatic nitrogens is 1. The molecule has 1 saturated carbocycles. The number of carboxylic acid groups (broad SMARTS) is 2. The monoisotopic (exact) mass is 523 g/mol. The summed E-state index contributed by atoms with van der Waals surface area (Å²) < 4.78 is 0. The summed E-state index contributed by atoms with van der Waals surface area (Å²) in [5.74, 6) is -2.56. The summed E-state index contributed by atoms with van der Waals surface area (Å²) in [5.41, 5.74) is 2.96. The highest BCUT2D eigenvalue weighted by Crippen LogP contribution is 2.28. The van der Waals surface area contributed by atoms with Crippen LogP contribution in [-0.4, -0.2) is 74.9 Å². The predicted octanol–water partition coefficient (Wildman–Crippen LogP) is 3.67. The molecule has 2 amide bonds. The van der Waals surface area contributed by atoms with Gasteiger partial charge in [0.2, 0.25) is 5.91 Å². The lowest BCUT2D eigenvalue weighted by atomic mass is 9.85. The van der Waals surface area contributed by atoms with Crippen LogP contribution in [0.5, 0.6) is 0 Å². The van der Waals surface area contributed by atoms with Crippen molar-refractivity contribution in [1.29, 1.82) is 0 Å². The summed E-state index contributed by atoms with van der Waals surface area (Å²) in [6.07, 6.45) is 14.4. The lowest BCUT2D eigenvalue weighted by molar-refractivity contribution is -0.159. The number of carbonyl (C=O) groups is 4. The molecular formula is C29H37N3O6. The van der Waals surface area contributed by atoms with Crippen LogP contribution in [0, 0.1) is 5.92 Å². The Balaban J connectivity index is 0.000000599. The highest BCUT2D eigenvalue weighted by atomic mass is 16.4. The molecule has 1 aromatic heterocycles. The van der Waals surface area contributed by atoms with E-state index in [0.29, 0.717) is 32.6 Å². The van der Waals surface area contributed by atoms with Crippen molar-refractivity contribution in [2.24, 2.45) is 5.92 Å². The zero-order valence-electron chi connectivity index (χ0n) is 21.8. The third-order valence-electron chi connectivity index (χ3n) is 7.16. The molecule has 0 radical (unpaired) electrons. The summed E-state index contributed by atoms with van der Waals surface area (Å²) in [5, 5.41) is 14.8. The number of pyridine rings is 1. The van der Waals surface area contributed by atoms with Crippen molar-refractivity contribution >= 4 is 23.8 Å². The molecule has 2 heterocycles. The van der Waals surface area contributed by atoms with Gasteiger partial charge in [-0.15, -0.1) is 0 Å². The van der Waals surface area contributed by atoms with Crippen LogP contribution in [0.1, 0.15) is 66.4 Å². The second-order valence-corrected chi connectivity index (χ2v) is 9.92. The van der Waals surface area contributed by atoms with Gasteiger partial charge in [0, 0.05) is 44.1 Å². The van der Waals surface area contributed by atoms with Gasteiger partial charge in [-0.1, -0.05) is 56.7 Å². The van der Waals surface area contributed by atoms with Crippen LogP contribution >= 0.6 is 0 Å². The van der Waals surface area contributed by atoms with Gasteiger partial charge in [-0.25, -0.2) is 9.59 Å². The number of nitrogens with zero attached hydrogens (tertiary/aromatic N) is 3. The third-order valence-corrected chi connectivity index (χ3v) is 7.16. The van der Waals surface area contributed by atoms with Gasteiger partial charge in [0.1, 0.15) is 0 Å². The normalized spacial score (nSPS) is 15.8. The fourth-order valence-electron chi connectivity index (χ4n) is 5.06. The smallest absolute Gasteiger partial charge is 0.414 e. The van der Waals surface area contributed by atoms with E-state index in [4.69, 9.17) is 19.8 Å². The minimum atomic E-state index is -1.82. The molecule has 4 rings (SSSR count). The maximum Gasteiger partial charge on any atom is 0.414 e. The Kier molecular flexibility index (Phi) is 11.3. The van der Waals surface area contributed by atoms with Crippen molar-refractivity contribution in [3.8, 4) is 0 Å². The molecule has 2 fully saturated rings. The first-order valence-corrected chi connectivity index (χ1v) is 13.3. The molecule has 0 spiro atoms. The van der Waals surface area contributed by atoms with Crippen LogP contribution in [-0.2, 0) is 27.2 Å². The van der Waals surface area contributed by atoms with E-state index in [1.54, 1.807) is 12.4 Å². The van der Waals surface area contributed by atoms with Crippen molar-refractivity contribution in [3.63, 3.8) is 0 Å². The Hall–Kier alpha value is -3.75. The average Bonchev–Trinajstić information content (AvgIpc) is 2.94. The van der Waals surface area contributed by atoms with Crippen LogP contribution in [0.2, 0.25) is 0 Å². The fourth-order valence-corrected chi connectivity index (χ4v) is 5.06. The number of benzene rings is 1. The Morgan fingerprint density at radius 1 is 0.842 bits per heavy atom. The molecule has 204 valence electrons. The number of rotatable bonds is 7. The van der Waals surface area contributed by atoms with Crippen molar-refractivity contribution in [2.45, 2.75) is 57.8 Å². The Morgan fingerprint density at radius 3 is 2.13 bits per heavy atom. The molecule has 38 heavy (non-hydrogen) atoms.